The van der Waals surface area contributed by atoms with Crippen molar-refractivity contribution in [2.24, 2.45) is 0 Å². The van der Waals surface area contributed by atoms with E-state index in [1.165, 1.54) is 0 Å². The van der Waals surface area contributed by atoms with Gasteiger partial charge in [0, 0.05) is 24.5 Å². The maximum Gasteiger partial charge on any atom is 0.254 e. The average Bonchev–Trinajstić information content (AvgIpc) is 3.17. The normalized spacial score (nSPS) is 18.7. The highest BCUT2D eigenvalue weighted by atomic mass is 16.3. The minimum Gasteiger partial charge on any atom is -0.388 e. The Bertz CT molecular complexity index is 642. The lowest BCUT2D eigenvalue weighted by Crippen LogP contribution is -2.48. The molecule has 1 N–H and O–H groups in total. The molecule has 2 heterocycles. The Balaban J connectivity index is 1.80. The van der Waals surface area contributed by atoms with Gasteiger partial charge in [0.05, 0.1) is 17.3 Å². The van der Waals surface area contributed by atoms with Crippen LogP contribution in [0, 0.1) is 0 Å². The van der Waals surface area contributed by atoms with Crippen molar-refractivity contribution in [2.45, 2.75) is 38.3 Å². The first-order chi connectivity index (χ1) is 10.5. The van der Waals surface area contributed by atoms with E-state index < -0.39 is 5.60 Å². The molecule has 1 aliphatic heterocycles. The molecule has 22 heavy (non-hydrogen) atoms. The smallest absolute Gasteiger partial charge is 0.254 e. The van der Waals surface area contributed by atoms with Crippen molar-refractivity contribution in [3.05, 3.63) is 48.3 Å². The minimum absolute atomic E-state index is 0.0170. The lowest BCUT2D eigenvalue weighted by atomic mass is 9.96. The molecule has 1 aromatic heterocycles. The van der Waals surface area contributed by atoms with Crippen molar-refractivity contribution in [2.75, 3.05) is 6.54 Å². The zero-order chi connectivity index (χ0) is 15.7. The summed E-state index contributed by atoms with van der Waals surface area (Å²) in [4.78, 5) is 14.5. The Morgan fingerprint density at radius 2 is 2.05 bits per heavy atom. The van der Waals surface area contributed by atoms with Crippen molar-refractivity contribution in [1.82, 2.24) is 14.7 Å². The summed E-state index contributed by atoms with van der Waals surface area (Å²) in [5, 5.41) is 14.4. The van der Waals surface area contributed by atoms with Crippen LogP contribution in [0.25, 0.3) is 5.69 Å². The Hall–Kier alpha value is -2.14. The van der Waals surface area contributed by atoms with E-state index in [-0.39, 0.29) is 11.9 Å². The minimum atomic E-state index is -0.874. The predicted molar refractivity (Wildman–Crippen MR) is 83.9 cm³/mol. The highest BCUT2D eigenvalue weighted by Gasteiger charge is 2.38. The Morgan fingerprint density at radius 3 is 2.64 bits per heavy atom. The standard InChI is InChI=1S/C17H21N3O2/c1-17(2,22)15-5-3-11-19(15)16(21)13-6-8-14(9-7-13)20-12-4-10-18-20/h4,6-10,12,15,22H,3,5,11H2,1-2H3. The van der Waals surface area contributed by atoms with Crippen molar-refractivity contribution < 1.29 is 9.90 Å². The van der Waals surface area contributed by atoms with E-state index in [4.69, 9.17) is 0 Å². The molecule has 5 nitrogen and oxygen atoms in total. The first-order valence-corrected chi connectivity index (χ1v) is 7.60. The topological polar surface area (TPSA) is 58.4 Å². The van der Waals surface area contributed by atoms with Crippen LogP contribution in [0.15, 0.2) is 42.7 Å². The number of aliphatic hydroxyl groups is 1. The molecule has 0 spiro atoms. The molecular formula is C17H21N3O2. The first-order valence-electron chi connectivity index (χ1n) is 7.60. The second-order valence-electron chi connectivity index (χ2n) is 6.31. The number of carbonyl (C=O) groups is 1. The molecule has 1 unspecified atom stereocenters. The van der Waals surface area contributed by atoms with E-state index in [1.54, 1.807) is 29.6 Å². The van der Waals surface area contributed by atoms with Crippen LogP contribution >= 0.6 is 0 Å². The highest BCUT2D eigenvalue weighted by molar-refractivity contribution is 5.94. The number of hydrogen-bond acceptors (Lipinski definition) is 3. The molecule has 1 fully saturated rings. The number of rotatable bonds is 3. The third kappa shape index (κ3) is 2.76. The summed E-state index contributed by atoms with van der Waals surface area (Å²) in [5.74, 6) is -0.0170. The molecule has 2 aromatic rings. The largest absolute Gasteiger partial charge is 0.388 e. The molecule has 1 aromatic carbocycles. The molecule has 0 bridgehead atoms. The molecule has 1 amide bonds. The maximum absolute atomic E-state index is 12.7. The van der Waals surface area contributed by atoms with Crippen LogP contribution in [0.2, 0.25) is 0 Å². The van der Waals surface area contributed by atoms with Gasteiger partial charge >= 0.3 is 0 Å². The molecule has 1 saturated heterocycles. The molecule has 1 atom stereocenters. The number of benzene rings is 1. The van der Waals surface area contributed by atoms with Crippen LogP contribution in [0.1, 0.15) is 37.0 Å². The summed E-state index contributed by atoms with van der Waals surface area (Å²) >= 11 is 0. The van der Waals surface area contributed by atoms with E-state index in [0.29, 0.717) is 12.1 Å². The van der Waals surface area contributed by atoms with Crippen molar-refractivity contribution in [3.8, 4) is 5.69 Å². The lowest BCUT2D eigenvalue weighted by molar-refractivity contribution is 0.000336. The van der Waals surface area contributed by atoms with Crippen LogP contribution in [0.3, 0.4) is 0 Å². The summed E-state index contributed by atoms with van der Waals surface area (Å²) < 4.78 is 1.75. The Labute approximate surface area is 130 Å². The summed E-state index contributed by atoms with van der Waals surface area (Å²) in [6.07, 6.45) is 5.37. The van der Waals surface area contributed by atoms with Gasteiger partial charge in [0.15, 0.2) is 0 Å². The Kier molecular flexibility index (Phi) is 3.74. The average molecular weight is 299 g/mol. The molecule has 0 radical (unpaired) electrons. The molecule has 3 rings (SSSR count). The van der Waals surface area contributed by atoms with Crippen molar-refractivity contribution in [1.29, 1.82) is 0 Å². The Morgan fingerprint density at radius 1 is 1.32 bits per heavy atom. The van der Waals surface area contributed by atoms with Crippen molar-refractivity contribution in [3.63, 3.8) is 0 Å². The van der Waals surface area contributed by atoms with Crippen LogP contribution in [0.4, 0.5) is 0 Å². The maximum atomic E-state index is 12.7. The molecule has 1 aliphatic rings. The van der Waals surface area contributed by atoms with Crippen molar-refractivity contribution >= 4 is 5.91 Å². The number of likely N-dealkylation sites (tertiary alicyclic amines) is 1. The predicted octanol–water partition coefficient (Wildman–Crippen LogP) is 2.25. The van der Waals surface area contributed by atoms with E-state index in [9.17, 15) is 9.90 Å². The van der Waals surface area contributed by atoms with E-state index >= 15 is 0 Å². The number of amides is 1. The van der Waals surface area contributed by atoms with Crippen LogP contribution < -0.4 is 0 Å². The van der Waals surface area contributed by atoms with Gasteiger partial charge in [-0.2, -0.15) is 5.10 Å². The number of aromatic nitrogens is 2. The second kappa shape index (κ2) is 5.57. The fraction of sp³-hybridized carbons (Fsp3) is 0.412. The van der Waals surface area contributed by atoms with Gasteiger partial charge in [0.25, 0.3) is 5.91 Å². The molecule has 0 aliphatic carbocycles. The highest BCUT2D eigenvalue weighted by Crippen LogP contribution is 2.28. The fourth-order valence-electron chi connectivity index (χ4n) is 3.09. The summed E-state index contributed by atoms with van der Waals surface area (Å²) in [6.45, 7) is 4.24. The van der Waals surface area contributed by atoms with Crippen LogP contribution in [0.5, 0.6) is 0 Å². The molecule has 116 valence electrons. The zero-order valence-corrected chi connectivity index (χ0v) is 12.9. The fourth-order valence-corrected chi connectivity index (χ4v) is 3.09. The zero-order valence-electron chi connectivity index (χ0n) is 12.9. The quantitative estimate of drug-likeness (QED) is 0.945. The van der Waals surface area contributed by atoms with Gasteiger partial charge in [-0.05, 0) is 57.0 Å². The first kappa shape index (κ1) is 14.8. The number of nitrogens with zero attached hydrogens (tertiary/aromatic N) is 3. The molecular weight excluding hydrogens is 278 g/mol. The second-order valence-corrected chi connectivity index (χ2v) is 6.31. The summed E-state index contributed by atoms with van der Waals surface area (Å²) in [6, 6.07) is 9.14. The monoisotopic (exact) mass is 299 g/mol. The van der Waals surface area contributed by atoms with Gasteiger partial charge in [-0.15, -0.1) is 0 Å². The van der Waals surface area contributed by atoms with Gasteiger partial charge in [0.2, 0.25) is 0 Å². The third-order valence-electron chi connectivity index (χ3n) is 4.21. The van der Waals surface area contributed by atoms with E-state index in [0.717, 1.165) is 18.5 Å². The van der Waals surface area contributed by atoms with Crippen LogP contribution in [-0.4, -0.2) is 43.9 Å². The molecule has 5 heteroatoms. The van der Waals surface area contributed by atoms with Gasteiger partial charge in [-0.25, -0.2) is 4.68 Å². The van der Waals surface area contributed by atoms with Gasteiger partial charge in [-0.1, -0.05) is 0 Å². The number of carbonyl (C=O) groups excluding carboxylic acids is 1. The molecule has 0 saturated carbocycles. The van der Waals surface area contributed by atoms with E-state index in [2.05, 4.69) is 5.10 Å². The SMILES string of the molecule is CC(C)(O)C1CCCN1C(=O)c1ccc(-n2cccn2)cc1. The van der Waals surface area contributed by atoms with Gasteiger partial charge in [0.1, 0.15) is 0 Å². The van der Waals surface area contributed by atoms with Gasteiger partial charge in [-0.3, -0.25) is 4.79 Å². The lowest BCUT2D eigenvalue weighted by Gasteiger charge is -2.33. The van der Waals surface area contributed by atoms with Gasteiger partial charge < -0.3 is 10.0 Å². The summed E-state index contributed by atoms with van der Waals surface area (Å²) in [7, 11) is 0. The van der Waals surface area contributed by atoms with E-state index in [1.807, 2.05) is 36.5 Å². The van der Waals surface area contributed by atoms with Crippen LogP contribution in [-0.2, 0) is 0 Å². The number of hydrogen-bond donors (Lipinski definition) is 1. The third-order valence-corrected chi connectivity index (χ3v) is 4.21. The summed E-state index contributed by atoms with van der Waals surface area (Å²) in [5.41, 5.74) is 0.690.